The molecule has 2 aromatic rings. The average molecular weight is 268 g/mol. The molecule has 0 N–H and O–H groups in total. The molecule has 2 heterocycles. The van der Waals surface area contributed by atoms with Crippen molar-refractivity contribution in [1.82, 2.24) is 4.98 Å². The van der Waals surface area contributed by atoms with Crippen molar-refractivity contribution in [3.8, 4) is 23.1 Å². The highest BCUT2D eigenvalue weighted by Gasteiger charge is 2.15. The third-order valence-electron chi connectivity index (χ3n) is 2.33. The van der Waals surface area contributed by atoms with E-state index in [0.717, 1.165) is 6.07 Å². The van der Waals surface area contributed by atoms with Crippen molar-refractivity contribution in [3.05, 3.63) is 41.3 Å². The molecule has 0 saturated carbocycles. The summed E-state index contributed by atoms with van der Waals surface area (Å²) in [5, 5.41) is 0.213. The van der Waals surface area contributed by atoms with Gasteiger partial charge in [-0.25, -0.2) is 9.37 Å². The van der Waals surface area contributed by atoms with Crippen LogP contribution in [0.1, 0.15) is 0 Å². The molecule has 0 atom stereocenters. The molecule has 92 valence electrons. The van der Waals surface area contributed by atoms with Crippen molar-refractivity contribution >= 4 is 11.6 Å². The molecule has 1 aromatic heterocycles. The maximum atomic E-state index is 13.5. The number of pyridine rings is 1. The van der Waals surface area contributed by atoms with E-state index in [0.29, 0.717) is 17.2 Å². The standard InChI is InChI=1S/C12H7ClFNO3/c13-7-3-9(14)12(15-5-7)18-8-1-2-10-11(4-8)17-6-16-10/h1-5H,6H2. The molecule has 0 bridgehead atoms. The maximum Gasteiger partial charge on any atom is 0.255 e. The maximum absolute atomic E-state index is 13.5. The van der Waals surface area contributed by atoms with Gasteiger partial charge < -0.3 is 14.2 Å². The Morgan fingerprint density at radius 2 is 2.06 bits per heavy atom. The van der Waals surface area contributed by atoms with E-state index in [1.165, 1.54) is 6.20 Å². The number of rotatable bonds is 2. The third-order valence-corrected chi connectivity index (χ3v) is 2.54. The fraction of sp³-hybridized carbons (Fsp3) is 0.0833. The molecule has 0 radical (unpaired) electrons. The first kappa shape index (κ1) is 11.1. The topological polar surface area (TPSA) is 40.6 Å². The number of aromatic nitrogens is 1. The predicted molar refractivity (Wildman–Crippen MR) is 61.8 cm³/mol. The quantitative estimate of drug-likeness (QED) is 0.836. The molecular formula is C12H7ClFNO3. The molecule has 0 fully saturated rings. The number of fused-ring (bicyclic) bond motifs is 1. The lowest BCUT2D eigenvalue weighted by Gasteiger charge is -2.06. The SMILES string of the molecule is Fc1cc(Cl)cnc1Oc1ccc2c(c1)OCO2. The molecule has 18 heavy (non-hydrogen) atoms. The summed E-state index contributed by atoms with van der Waals surface area (Å²) in [5.41, 5.74) is 0. The number of halogens is 2. The molecule has 3 rings (SSSR count). The first-order valence-corrected chi connectivity index (χ1v) is 5.49. The number of benzene rings is 1. The molecule has 0 amide bonds. The van der Waals surface area contributed by atoms with E-state index in [-0.39, 0.29) is 17.7 Å². The second-order valence-electron chi connectivity index (χ2n) is 3.56. The lowest BCUT2D eigenvalue weighted by Crippen LogP contribution is -1.93. The van der Waals surface area contributed by atoms with Crippen molar-refractivity contribution in [3.63, 3.8) is 0 Å². The molecule has 0 spiro atoms. The van der Waals surface area contributed by atoms with Gasteiger partial charge in [0.25, 0.3) is 5.88 Å². The summed E-state index contributed by atoms with van der Waals surface area (Å²) in [4.78, 5) is 3.77. The Hall–Kier alpha value is -2.01. The number of nitrogens with zero attached hydrogens (tertiary/aromatic N) is 1. The zero-order valence-electron chi connectivity index (χ0n) is 9.02. The lowest BCUT2D eigenvalue weighted by molar-refractivity contribution is 0.174. The van der Waals surface area contributed by atoms with Crippen LogP contribution in [0, 0.1) is 5.82 Å². The first-order valence-electron chi connectivity index (χ1n) is 5.11. The second kappa shape index (κ2) is 4.34. The molecule has 1 aromatic carbocycles. The van der Waals surface area contributed by atoms with Gasteiger partial charge in [-0.15, -0.1) is 0 Å². The van der Waals surface area contributed by atoms with Gasteiger partial charge in [0.15, 0.2) is 17.3 Å². The minimum absolute atomic E-state index is 0.140. The van der Waals surface area contributed by atoms with Crippen molar-refractivity contribution < 1.29 is 18.6 Å². The fourth-order valence-electron chi connectivity index (χ4n) is 1.53. The highest BCUT2D eigenvalue weighted by atomic mass is 35.5. The highest BCUT2D eigenvalue weighted by Crippen LogP contribution is 2.36. The third kappa shape index (κ3) is 2.04. The summed E-state index contributed by atoms with van der Waals surface area (Å²) in [6.45, 7) is 0.173. The molecule has 0 unspecified atom stereocenters. The monoisotopic (exact) mass is 267 g/mol. The Morgan fingerprint density at radius 3 is 2.89 bits per heavy atom. The summed E-state index contributed by atoms with van der Waals surface area (Å²) in [5.74, 6) is 0.833. The minimum Gasteiger partial charge on any atom is -0.454 e. The fourth-order valence-corrected chi connectivity index (χ4v) is 1.67. The molecule has 0 saturated heterocycles. The zero-order chi connectivity index (χ0) is 12.5. The summed E-state index contributed by atoms with van der Waals surface area (Å²) >= 11 is 5.60. The summed E-state index contributed by atoms with van der Waals surface area (Å²) < 4.78 is 29.1. The van der Waals surface area contributed by atoms with E-state index < -0.39 is 5.82 Å². The van der Waals surface area contributed by atoms with Crippen LogP contribution in [0.4, 0.5) is 4.39 Å². The molecule has 4 nitrogen and oxygen atoms in total. The van der Waals surface area contributed by atoms with Crippen molar-refractivity contribution in [2.75, 3.05) is 6.79 Å². The Bertz CT molecular complexity index is 606. The van der Waals surface area contributed by atoms with Crippen LogP contribution >= 0.6 is 11.6 Å². The van der Waals surface area contributed by atoms with Crippen LogP contribution in [0.3, 0.4) is 0 Å². The Balaban J connectivity index is 1.88. The van der Waals surface area contributed by atoms with Gasteiger partial charge in [0.05, 0.1) is 5.02 Å². The largest absolute Gasteiger partial charge is 0.454 e. The number of hydrogen-bond donors (Lipinski definition) is 0. The van der Waals surface area contributed by atoms with Crippen LogP contribution in [0.2, 0.25) is 5.02 Å². The minimum atomic E-state index is -0.625. The van der Waals surface area contributed by atoms with Gasteiger partial charge in [0, 0.05) is 12.3 Å². The zero-order valence-corrected chi connectivity index (χ0v) is 9.78. The molecular weight excluding hydrogens is 261 g/mol. The smallest absolute Gasteiger partial charge is 0.255 e. The number of ether oxygens (including phenoxy) is 3. The Kier molecular flexibility index (Phi) is 2.68. The second-order valence-corrected chi connectivity index (χ2v) is 3.99. The normalized spacial score (nSPS) is 12.6. The van der Waals surface area contributed by atoms with Gasteiger partial charge in [0.1, 0.15) is 5.75 Å². The van der Waals surface area contributed by atoms with Gasteiger partial charge in [-0.1, -0.05) is 11.6 Å². The van der Waals surface area contributed by atoms with Crippen LogP contribution in [0.25, 0.3) is 0 Å². The van der Waals surface area contributed by atoms with E-state index in [1.807, 2.05) is 0 Å². The van der Waals surface area contributed by atoms with E-state index in [2.05, 4.69) is 4.98 Å². The van der Waals surface area contributed by atoms with Crippen molar-refractivity contribution in [2.45, 2.75) is 0 Å². The highest BCUT2D eigenvalue weighted by molar-refractivity contribution is 6.30. The Labute approximate surface area is 107 Å². The molecule has 1 aliphatic heterocycles. The summed E-state index contributed by atoms with van der Waals surface area (Å²) in [6, 6.07) is 6.07. The van der Waals surface area contributed by atoms with Gasteiger partial charge in [-0.3, -0.25) is 0 Å². The van der Waals surface area contributed by atoms with Crippen LogP contribution in [-0.4, -0.2) is 11.8 Å². The van der Waals surface area contributed by atoms with Crippen molar-refractivity contribution in [2.24, 2.45) is 0 Å². The van der Waals surface area contributed by atoms with E-state index >= 15 is 0 Å². The first-order chi connectivity index (χ1) is 8.72. The van der Waals surface area contributed by atoms with Gasteiger partial charge in [-0.05, 0) is 18.2 Å². The predicted octanol–water partition coefficient (Wildman–Crippen LogP) is 3.40. The number of hydrogen-bond acceptors (Lipinski definition) is 4. The van der Waals surface area contributed by atoms with E-state index in [1.54, 1.807) is 18.2 Å². The van der Waals surface area contributed by atoms with Crippen molar-refractivity contribution in [1.29, 1.82) is 0 Å². The van der Waals surface area contributed by atoms with Gasteiger partial charge in [-0.2, -0.15) is 0 Å². The molecule has 6 heteroatoms. The summed E-state index contributed by atoms with van der Waals surface area (Å²) in [7, 11) is 0. The lowest BCUT2D eigenvalue weighted by atomic mass is 10.3. The summed E-state index contributed by atoms with van der Waals surface area (Å²) in [6.07, 6.45) is 1.31. The van der Waals surface area contributed by atoms with Gasteiger partial charge in [0.2, 0.25) is 6.79 Å². The molecule has 1 aliphatic rings. The van der Waals surface area contributed by atoms with Crippen LogP contribution in [-0.2, 0) is 0 Å². The average Bonchev–Trinajstić information content (AvgIpc) is 2.80. The van der Waals surface area contributed by atoms with E-state index in [9.17, 15) is 4.39 Å². The Morgan fingerprint density at radius 1 is 1.22 bits per heavy atom. The molecule has 0 aliphatic carbocycles. The van der Waals surface area contributed by atoms with Crippen LogP contribution < -0.4 is 14.2 Å². The van der Waals surface area contributed by atoms with Crippen LogP contribution in [0.15, 0.2) is 30.5 Å². The van der Waals surface area contributed by atoms with E-state index in [4.69, 9.17) is 25.8 Å². The van der Waals surface area contributed by atoms with Gasteiger partial charge >= 0.3 is 0 Å². The van der Waals surface area contributed by atoms with Crippen LogP contribution in [0.5, 0.6) is 23.1 Å².